The monoisotopic (exact) mass is 307 g/mol. The number of nitrogens with one attached hydrogen (secondary N) is 1. The number of carbonyl (C=O) groups is 2. The van der Waals surface area contributed by atoms with Crippen LogP contribution in [0.2, 0.25) is 0 Å². The number of amides is 1. The molecule has 0 atom stereocenters. The number of anilines is 1. The number of carboxylic acid groups (broad SMARTS) is 1. The lowest BCUT2D eigenvalue weighted by Gasteiger charge is -2.21. The largest absolute Gasteiger partial charge is 0.481 e. The Hall–Kier alpha value is -2.04. The molecule has 0 unspecified atom stereocenters. The van der Waals surface area contributed by atoms with Gasteiger partial charge in [0.2, 0.25) is 0 Å². The van der Waals surface area contributed by atoms with Gasteiger partial charge in [0.25, 0.3) is 0 Å². The number of hydrogen-bond donors (Lipinski definition) is 2. The van der Waals surface area contributed by atoms with Gasteiger partial charge in [-0.1, -0.05) is 12.1 Å². The van der Waals surface area contributed by atoms with Crippen LogP contribution in [-0.2, 0) is 16.0 Å². The van der Waals surface area contributed by atoms with Crippen LogP contribution in [0.4, 0.5) is 10.5 Å². The Bertz CT molecular complexity index is 571. The van der Waals surface area contributed by atoms with Gasteiger partial charge in [-0.05, 0) is 65.2 Å². The van der Waals surface area contributed by atoms with E-state index in [1.165, 1.54) is 0 Å². The molecule has 122 valence electrons. The summed E-state index contributed by atoms with van der Waals surface area (Å²) in [5.74, 6) is -0.832. The molecule has 1 rings (SSSR count). The Labute approximate surface area is 131 Å². The average Bonchev–Trinajstić information content (AvgIpc) is 2.29. The predicted octanol–water partition coefficient (Wildman–Crippen LogP) is 4.00. The normalized spacial score (nSPS) is 11.9. The summed E-state index contributed by atoms with van der Waals surface area (Å²) in [7, 11) is 0. The molecule has 1 aromatic rings. The highest BCUT2D eigenvalue weighted by atomic mass is 16.6. The zero-order valence-corrected chi connectivity index (χ0v) is 14.1. The molecule has 0 spiro atoms. The van der Waals surface area contributed by atoms with Crippen LogP contribution in [0.3, 0.4) is 0 Å². The van der Waals surface area contributed by atoms with Crippen LogP contribution in [0, 0.1) is 12.3 Å². The number of aliphatic carboxylic acids is 1. The highest BCUT2D eigenvalue weighted by Gasteiger charge is 2.27. The molecule has 0 bridgehead atoms. The lowest BCUT2D eigenvalue weighted by Crippen LogP contribution is -2.27. The molecular formula is C17H25NO4. The van der Waals surface area contributed by atoms with Crippen LogP contribution in [-0.4, -0.2) is 22.8 Å². The van der Waals surface area contributed by atoms with Crippen LogP contribution in [0.15, 0.2) is 18.2 Å². The summed E-state index contributed by atoms with van der Waals surface area (Å²) >= 11 is 0. The summed E-state index contributed by atoms with van der Waals surface area (Å²) in [4.78, 5) is 23.0. The van der Waals surface area contributed by atoms with Crippen molar-refractivity contribution < 1.29 is 19.4 Å². The molecular weight excluding hydrogens is 282 g/mol. The van der Waals surface area contributed by atoms with E-state index in [1.807, 2.05) is 19.1 Å². The molecule has 0 aliphatic rings. The third-order valence-corrected chi connectivity index (χ3v) is 3.15. The van der Waals surface area contributed by atoms with Gasteiger partial charge in [0.15, 0.2) is 0 Å². The number of aryl methyl sites for hydroxylation is 1. The molecule has 0 fully saturated rings. The van der Waals surface area contributed by atoms with Crippen molar-refractivity contribution in [3.8, 4) is 0 Å². The van der Waals surface area contributed by atoms with Gasteiger partial charge in [-0.3, -0.25) is 10.1 Å². The molecule has 5 nitrogen and oxygen atoms in total. The van der Waals surface area contributed by atoms with E-state index in [9.17, 15) is 14.7 Å². The topological polar surface area (TPSA) is 75.6 Å². The molecule has 5 heteroatoms. The average molecular weight is 307 g/mol. The van der Waals surface area contributed by atoms with Crippen molar-refractivity contribution in [1.29, 1.82) is 0 Å². The molecule has 0 aliphatic heterocycles. The summed E-state index contributed by atoms with van der Waals surface area (Å²) in [6.45, 7) is 10.7. The van der Waals surface area contributed by atoms with E-state index in [4.69, 9.17) is 4.74 Å². The van der Waals surface area contributed by atoms with Gasteiger partial charge in [-0.15, -0.1) is 0 Å². The van der Waals surface area contributed by atoms with E-state index >= 15 is 0 Å². The van der Waals surface area contributed by atoms with E-state index in [0.717, 1.165) is 11.1 Å². The number of hydrogen-bond acceptors (Lipinski definition) is 3. The van der Waals surface area contributed by atoms with Gasteiger partial charge in [-0.25, -0.2) is 4.79 Å². The van der Waals surface area contributed by atoms with Crippen LogP contribution >= 0.6 is 0 Å². The first kappa shape index (κ1) is 18.0. The molecule has 1 amide bonds. The maximum absolute atomic E-state index is 11.8. The minimum Gasteiger partial charge on any atom is -0.481 e. The Kier molecular flexibility index (Phi) is 5.22. The molecule has 22 heavy (non-hydrogen) atoms. The maximum Gasteiger partial charge on any atom is 0.412 e. The number of carboxylic acids is 1. The zero-order chi connectivity index (χ0) is 17.1. The molecule has 0 heterocycles. The van der Waals surface area contributed by atoms with Crippen LogP contribution < -0.4 is 5.32 Å². The molecule has 0 saturated carbocycles. The van der Waals surface area contributed by atoms with Gasteiger partial charge in [0, 0.05) is 5.69 Å². The van der Waals surface area contributed by atoms with Crippen LogP contribution in [0.5, 0.6) is 0 Å². The molecule has 0 aromatic heterocycles. The van der Waals surface area contributed by atoms with Crippen molar-refractivity contribution in [3.05, 3.63) is 29.3 Å². The second-order valence-electron chi connectivity index (χ2n) is 7.14. The van der Waals surface area contributed by atoms with Gasteiger partial charge >= 0.3 is 12.1 Å². The van der Waals surface area contributed by atoms with E-state index in [1.54, 1.807) is 40.7 Å². The number of benzene rings is 1. The van der Waals surface area contributed by atoms with E-state index in [2.05, 4.69) is 5.32 Å². The summed E-state index contributed by atoms with van der Waals surface area (Å²) in [6.07, 6.45) is -0.0789. The van der Waals surface area contributed by atoms with Gasteiger partial charge in [0.05, 0.1) is 5.41 Å². The van der Waals surface area contributed by atoms with Crippen molar-refractivity contribution >= 4 is 17.7 Å². The highest BCUT2D eigenvalue weighted by Crippen LogP contribution is 2.25. The van der Waals surface area contributed by atoms with Gasteiger partial charge in [-0.2, -0.15) is 0 Å². The summed E-state index contributed by atoms with van der Waals surface area (Å²) in [5.41, 5.74) is 1.06. The second kappa shape index (κ2) is 6.38. The molecule has 0 aliphatic carbocycles. The third kappa shape index (κ3) is 5.39. The fourth-order valence-electron chi connectivity index (χ4n) is 1.98. The van der Waals surface area contributed by atoms with E-state index in [-0.39, 0.29) is 0 Å². The standard InChI is InChI=1S/C17H25NO4/c1-11-9-12(10-17(5,6)14(19)20)7-8-13(11)18-15(21)22-16(2,3)4/h7-9H,10H2,1-6H3,(H,18,21)(H,19,20). The van der Waals surface area contributed by atoms with Gasteiger partial charge < -0.3 is 9.84 Å². The highest BCUT2D eigenvalue weighted by molar-refractivity contribution is 5.86. The lowest BCUT2D eigenvalue weighted by atomic mass is 9.85. The second-order valence-corrected chi connectivity index (χ2v) is 7.14. The summed E-state index contributed by atoms with van der Waals surface area (Å²) in [6, 6.07) is 5.48. The summed E-state index contributed by atoms with van der Waals surface area (Å²) < 4.78 is 5.21. The Morgan fingerprint density at radius 3 is 2.23 bits per heavy atom. The fraction of sp³-hybridized carbons (Fsp3) is 0.529. The minimum atomic E-state index is -0.832. The maximum atomic E-state index is 11.8. The van der Waals surface area contributed by atoms with E-state index in [0.29, 0.717) is 12.1 Å². The first-order chi connectivity index (χ1) is 9.90. The van der Waals surface area contributed by atoms with Crippen molar-refractivity contribution in [1.82, 2.24) is 0 Å². The number of carbonyl (C=O) groups excluding carboxylic acids is 1. The Morgan fingerprint density at radius 1 is 1.18 bits per heavy atom. The first-order valence-electron chi connectivity index (χ1n) is 7.24. The van der Waals surface area contributed by atoms with E-state index < -0.39 is 23.1 Å². The Balaban J connectivity index is 2.82. The minimum absolute atomic E-state index is 0.426. The quantitative estimate of drug-likeness (QED) is 0.881. The van der Waals surface area contributed by atoms with Crippen molar-refractivity contribution in [3.63, 3.8) is 0 Å². The van der Waals surface area contributed by atoms with Crippen molar-refractivity contribution in [2.45, 2.75) is 53.6 Å². The fourth-order valence-corrected chi connectivity index (χ4v) is 1.98. The summed E-state index contributed by atoms with van der Waals surface area (Å²) in [5, 5.41) is 11.9. The third-order valence-electron chi connectivity index (χ3n) is 3.15. The number of ether oxygens (including phenoxy) is 1. The lowest BCUT2D eigenvalue weighted by molar-refractivity contribution is -0.146. The Morgan fingerprint density at radius 2 is 1.77 bits per heavy atom. The smallest absolute Gasteiger partial charge is 0.412 e. The van der Waals surface area contributed by atoms with Crippen LogP contribution in [0.1, 0.15) is 45.7 Å². The molecule has 1 aromatic carbocycles. The first-order valence-corrected chi connectivity index (χ1v) is 7.24. The van der Waals surface area contributed by atoms with Gasteiger partial charge in [0.1, 0.15) is 5.60 Å². The van der Waals surface area contributed by atoms with Crippen LogP contribution in [0.25, 0.3) is 0 Å². The van der Waals surface area contributed by atoms with Crippen molar-refractivity contribution in [2.75, 3.05) is 5.32 Å². The number of rotatable bonds is 4. The molecule has 0 radical (unpaired) electrons. The molecule has 2 N–H and O–H groups in total. The molecule has 0 saturated heterocycles. The van der Waals surface area contributed by atoms with Crippen molar-refractivity contribution in [2.24, 2.45) is 5.41 Å². The predicted molar refractivity (Wildman–Crippen MR) is 86.2 cm³/mol. The zero-order valence-electron chi connectivity index (χ0n) is 14.1. The SMILES string of the molecule is Cc1cc(CC(C)(C)C(=O)O)ccc1NC(=O)OC(C)(C)C.